The molecule has 0 fully saturated rings. The highest BCUT2D eigenvalue weighted by atomic mass is 19.4. The van der Waals surface area contributed by atoms with Crippen LogP contribution in [0.5, 0.6) is 5.75 Å². The normalized spacial score (nSPS) is 13.2. The van der Waals surface area contributed by atoms with Crippen molar-refractivity contribution >= 4 is 22.9 Å². The molecule has 3 aromatic rings. The van der Waals surface area contributed by atoms with Gasteiger partial charge in [0.2, 0.25) is 0 Å². The van der Waals surface area contributed by atoms with Crippen molar-refractivity contribution < 1.29 is 31.1 Å². The van der Waals surface area contributed by atoms with Crippen molar-refractivity contribution in [1.82, 2.24) is 19.7 Å². The number of rotatable bonds is 6. The lowest BCUT2D eigenvalue weighted by molar-refractivity contribution is -0.141. The largest absolute Gasteiger partial charge is 0.497 e. The van der Waals surface area contributed by atoms with Crippen LogP contribution in [0.2, 0.25) is 0 Å². The Kier molecular flexibility index (Phi) is 8.28. The third-order valence-electron chi connectivity index (χ3n) is 4.99. The second-order valence-electron chi connectivity index (χ2n) is 8.44. The third-order valence-corrected chi connectivity index (χ3v) is 4.99. The Morgan fingerprint density at radius 1 is 0.974 bits per heavy atom. The Balaban J connectivity index is 2.24. The number of benzene rings is 1. The van der Waals surface area contributed by atoms with Crippen molar-refractivity contribution in [3.05, 3.63) is 77.2 Å². The van der Waals surface area contributed by atoms with E-state index in [9.17, 15) is 26.3 Å². The van der Waals surface area contributed by atoms with Crippen LogP contribution < -0.4 is 10.1 Å². The molecular formula is C25H24F6N6O. The number of aryl methyl sites for hydroxylation is 1. The molecule has 0 atom stereocenters. The lowest BCUT2D eigenvalue weighted by atomic mass is 10.1. The molecule has 1 N–H and O–H groups in total. The van der Waals surface area contributed by atoms with Crippen LogP contribution in [0.1, 0.15) is 43.3 Å². The Hall–Kier alpha value is -4.16. The van der Waals surface area contributed by atoms with Gasteiger partial charge in [-0.25, -0.2) is 19.6 Å². The highest BCUT2D eigenvalue weighted by Crippen LogP contribution is 2.35. The topological polar surface area (TPSA) is 77.2 Å². The summed E-state index contributed by atoms with van der Waals surface area (Å²) in [7, 11) is 1.23. The lowest BCUT2D eigenvalue weighted by Gasteiger charge is -2.15. The third kappa shape index (κ3) is 6.99. The minimum Gasteiger partial charge on any atom is -0.497 e. The molecule has 2 aromatic heterocycles. The van der Waals surface area contributed by atoms with E-state index < -0.39 is 23.6 Å². The Morgan fingerprint density at radius 2 is 1.63 bits per heavy atom. The molecule has 2 heterocycles. The summed E-state index contributed by atoms with van der Waals surface area (Å²) in [5, 5.41) is 6.50. The van der Waals surface area contributed by atoms with Crippen molar-refractivity contribution in [2.75, 3.05) is 12.4 Å². The summed E-state index contributed by atoms with van der Waals surface area (Å²) in [4.78, 5) is 12.4. The number of nitrogens with zero attached hydrogens (tertiary/aromatic N) is 5. The van der Waals surface area contributed by atoms with Crippen molar-refractivity contribution in [2.24, 2.45) is 4.99 Å². The first kappa shape index (κ1) is 28.4. The Labute approximate surface area is 214 Å². The van der Waals surface area contributed by atoms with Gasteiger partial charge in [-0.3, -0.25) is 0 Å². The maximum absolute atomic E-state index is 13.5. The van der Waals surface area contributed by atoms with Crippen molar-refractivity contribution in [2.45, 2.75) is 40.0 Å². The summed E-state index contributed by atoms with van der Waals surface area (Å²) in [5.74, 6) is -0.00502. The van der Waals surface area contributed by atoms with Crippen LogP contribution in [0, 0.1) is 6.92 Å². The van der Waals surface area contributed by atoms with Crippen LogP contribution in [-0.4, -0.2) is 32.7 Å². The van der Waals surface area contributed by atoms with Crippen LogP contribution in [-0.2, 0) is 12.4 Å². The predicted molar refractivity (Wildman–Crippen MR) is 131 cm³/mol. The Morgan fingerprint density at radius 3 is 2.16 bits per heavy atom. The van der Waals surface area contributed by atoms with E-state index in [1.807, 2.05) is 0 Å². The molecule has 0 saturated carbocycles. The van der Waals surface area contributed by atoms with Gasteiger partial charge in [-0.15, -0.1) is 0 Å². The smallest absolute Gasteiger partial charge is 0.435 e. The van der Waals surface area contributed by atoms with Gasteiger partial charge < -0.3 is 10.1 Å². The zero-order valence-electron chi connectivity index (χ0n) is 21.0. The number of methoxy groups -OCH3 is 1. The zero-order chi connectivity index (χ0) is 28.3. The van der Waals surface area contributed by atoms with Crippen LogP contribution in [0.4, 0.5) is 32.0 Å². The van der Waals surface area contributed by atoms with Crippen LogP contribution >= 0.6 is 0 Å². The molecule has 1 aromatic carbocycles. The van der Waals surface area contributed by atoms with E-state index in [2.05, 4.69) is 25.4 Å². The fourth-order valence-electron chi connectivity index (χ4n) is 3.40. The molecule has 0 radical (unpaired) electrons. The fourth-order valence-corrected chi connectivity index (χ4v) is 3.40. The van der Waals surface area contributed by atoms with Crippen molar-refractivity contribution in [3.63, 3.8) is 0 Å². The average Bonchev–Trinajstić information content (AvgIpc) is 3.22. The molecule has 13 heteroatoms. The van der Waals surface area contributed by atoms with E-state index in [1.165, 1.54) is 45.7 Å². The number of alkyl halides is 6. The molecule has 0 spiro atoms. The first-order valence-electron chi connectivity index (χ1n) is 11.1. The second-order valence-corrected chi connectivity index (χ2v) is 8.44. The van der Waals surface area contributed by atoms with Gasteiger partial charge >= 0.3 is 12.4 Å². The molecule has 0 aliphatic rings. The Bertz CT molecular complexity index is 1380. The number of amidine groups is 1. The molecule has 3 rings (SSSR count). The number of hydrogen-bond acceptors (Lipinski definition) is 5. The maximum atomic E-state index is 13.5. The maximum Gasteiger partial charge on any atom is 0.435 e. The van der Waals surface area contributed by atoms with Gasteiger partial charge in [0.15, 0.2) is 11.5 Å². The molecular weight excluding hydrogens is 514 g/mol. The minimum absolute atomic E-state index is 0.0113. The molecule has 38 heavy (non-hydrogen) atoms. The highest BCUT2D eigenvalue weighted by Gasteiger charge is 2.35. The van der Waals surface area contributed by atoms with Crippen LogP contribution in [0.15, 0.2) is 59.6 Å². The minimum atomic E-state index is -4.71. The van der Waals surface area contributed by atoms with Gasteiger partial charge in [-0.2, -0.15) is 31.4 Å². The fraction of sp³-hybridized carbons (Fsp3) is 0.280. The average molecular weight is 538 g/mol. The van der Waals surface area contributed by atoms with Gasteiger partial charge in [-0.1, -0.05) is 11.6 Å². The quantitative estimate of drug-likeness (QED) is 0.161. The van der Waals surface area contributed by atoms with Crippen molar-refractivity contribution in [1.29, 1.82) is 0 Å². The zero-order valence-corrected chi connectivity index (χ0v) is 21.0. The van der Waals surface area contributed by atoms with E-state index in [0.29, 0.717) is 11.1 Å². The van der Waals surface area contributed by atoms with E-state index in [4.69, 9.17) is 4.74 Å². The van der Waals surface area contributed by atoms with Gasteiger partial charge in [0.25, 0.3) is 0 Å². The number of hydrogen-bond donors (Lipinski definition) is 1. The van der Waals surface area contributed by atoms with E-state index in [-0.39, 0.29) is 28.8 Å². The number of anilines is 1. The molecule has 0 aliphatic heterocycles. The highest BCUT2D eigenvalue weighted by molar-refractivity contribution is 6.00. The molecule has 0 saturated heterocycles. The summed E-state index contributed by atoms with van der Waals surface area (Å²) in [6.07, 6.45) is -3.46. The van der Waals surface area contributed by atoms with Crippen molar-refractivity contribution in [3.8, 4) is 5.75 Å². The van der Waals surface area contributed by atoms with E-state index >= 15 is 0 Å². The lowest BCUT2D eigenvalue weighted by Crippen LogP contribution is -2.13. The SMILES string of the molecule is COc1cc(N/C(C)=N/C(=C(\C=C(C)C)c2cncnc2)n2nc(C(F)(F)F)cc2C)cc(C(F)(F)F)c1. The number of ether oxygens (including phenoxy) is 1. The van der Waals surface area contributed by atoms with Gasteiger partial charge in [0.05, 0.1) is 12.7 Å². The summed E-state index contributed by atoms with van der Waals surface area (Å²) >= 11 is 0. The number of halogens is 6. The van der Waals surface area contributed by atoms with Gasteiger partial charge in [-0.05, 0) is 45.9 Å². The molecule has 0 bridgehead atoms. The summed E-state index contributed by atoms with van der Waals surface area (Å²) < 4.78 is 86.5. The number of nitrogens with one attached hydrogen (secondary N) is 1. The first-order chi connectivity index (χ1) is 17.7. The van der Waals surface area contributed by atoms with Crippen LogP contribution in [0.3, 0.4) is 0 Å². The molecule has 0 aliphatic carbocycles. The number of aliphatic imine (C=N–C) groups is 1. The molecule has 7 nitrogen and oxygen atoms in total. The molecule has 202 valence electrons. The van der Waals surface area contributed by atoms with Gasteiger partial charge in [0.1, 0.15) is 17.9 Å². The number of allylic oxidation sites excluding steroid dienone is 3. The standard InChI is InChI=1S/C25H24F6N6O/c1-14(2)6-21(17-11-32-13-33-12-17)23(37-15(3)7-22(36-37)25(29,30)31)35-16(4)34-19-8-18(24(26,27)28)9-20(10-19)38-5/h6-13H,1-5H3,(H,34,35)/b23-21-. The number of aromatic nitrogens is 4. The molecule has 0 amide bonds. The summed E-state index contributed by atoms with van der Waals surface area (Å²) in [5.41, 5.74) is -0.383. The molecule has 0 unspecified atom stereocenters. The summed E-state index contributed by atoms with van der Waals surface area (Å²) in [6.45, 7) is 6.45. The van der Waals surface area contributed by atoms with Crippen LogP contribution in [0.25, 0.3) is 11.4 Å². The summed E-state index contributed by atoms with van der Waals surface area (Å²) in [6, 6.07) is 3.92. The van der Waals surface area contributed by atoms with Gasteiger partial charge in [0, 0.05) is 41.0 Å². The monoisotopic (exact) mass is 538 g/mol. The second kappa shape index (κ2) is 11.1. The van der Waals surface area contributed by atoms with E-state index in [0.717, 1.165) is 28.5 Å². The predicted octanol–water partition coefficient (Wildman–Crippen LogP) is 6.85. The van der Waals surface area contributed by atoms with E-state index in [1.54, 1.807) is 19.9 Å². The first-order valence-corrected chi connectivity index (χ1v) is 11.1.